The van der Waals surface area contributed by atoms with E-state index in [-0.39, 0.29) is 0 Å². The number of nitrogens with zero attached hydrogens (tertiary/aromatic N) is 2. The topological polar surface area (TPSA) is 39.1 Å². The van der Waals surface area contributed by atoms with Gasteiger partial charge in [-0.15, -0.1) is 0 Å². The van der Waals surface area contributed by atoms with Crippen LogP contribution in [0.3, 0.4) is 0 Å². The van der Waals surface area contributed by atoms with E-state index in [1.165, 1.54) is 11.4 Å². The van der Waals surface area contributed by atoms with Gasteiger partial charge >= 0.3 is 0 Å². The molecule has 0 bridgehead atoms. The van der Waals surface area contributed by atoms with Crippen molar-refractivity contribution < 1.29 is 4.74 Å². The first-order valence-electron chi connectivity index (χ1n) is 7.84. The lowest BCUT2D eigenvalue weighted by Gasteiger charge is -2.06. The van der Waals surface area contributed by atoms with E-state index in [0.29, 0.717) is 0 Å². The van der Waals surface area contributed by atoms with Crippen molar-refractivity contribution in [1.29, 1.82) is 0 Å². The lowest BCUT2D eigenvalue weighted by atomic mass is 10.2. The first-order chi connectivity index (χ1) is 10.8. The van der Waals surface area contributed by atoms with E-state index in [1.54, 1.807) is 7.11 Å². The van der Waals surface area contributed by atoms with Gasteiger partial charge in [-0.05, 0) is 30.7 Å². The summed E-state index contributed by atoms with van der Waals surface area (Å²) in [6.45, 7) is 5.06. The Morgan fingerprint density at radius 2 is 2.09 bits per heavy atom. The Kier molecular flexibility index (Phi) is 6.71. The van der Waals surface area contributed by atoms with Gasteiger partial charge in [-0.25, -0.2) is 4.98 Å². The van der Waals surface area contributed by atoms with Crippen molar-refractivity contribution in [1.82, 2.24) is 14.9 Å². The second kappa shape index (κ2) is 9.05. The molecule has 0 aliphatic rings. The van der Waals surface area contributed by atoms with Crippen LogP contribution in [-0.4, -0.2) is 29.8 Å². The van der Waals surface area contributed by atoms with Gasteiger partial charge < -0.3 is 14.6 Å². The number of rotatable bonds is 9. The fraction of sp³-hybridized carbons (Fsp3) is 0.389. The van der Waals surface area contributed by atoms with Gasteiger partial charge in [0, 0.05) is 31.9 Å². The van der Waals surface area contributed by atoms with E-state index < -0.39 is 0 Å². The third-order valence-electron chi connectivity index (χ3n) is 3.56. The van der Waals surface area contributed by atoms with Gasteiger partial charge in [0.2, 0.25) is 0 Å². The van der Waals surface area contributed by atoms with Crippen LogP contribution < -0.4 is 10.1 Å². The monoisotopic (exact) mass is 299 g/mol. The predicted molar refractivity (Wildman–Crippen MR) is 91.1 cm³/mol. The Balaban J connectivity index is 1.61. The molecule has 0 saturated heterocycles. The molecule has 0 spiro atoms. The predicted octanol–water partition coefficient (Wildman–Crippen LogP) is 3.15. The van der Waals surface area contributed by atoms with Crippen LogP contribution in [0.2, 0.25) is 0 Å². The highest BCUT2D eigenvalue weighted by Gasteiger charge is 1.98. The van der Waals surface area contributed by atoms with Crippen LogP contribution in [-0.2, 0) is 13.0 Å². The summed E-state index contributed by atoms with van der Waals surface area (Å²) >= 11 is 0. The molecule has 0 unspecified atom stereocenters. The minimum absolute atomic E-state index is 0.886. The van der Waals surface area contributed by atoms with Crippen molar-refractivity contribution in [2.75, 3.05) is 20.2 Å². The van der Waals surface area contributed by atoms with Crippen molar-refractivity contribution in [2.45, 2.75) is 26.3 Å². The molecule has 0 aliphatic heterocycles. The molecule has 0 aliphatic carbocycles. The lowest BCUT2D eigenvalue weighted by molar-refractivity contribution is 0.415. The summed E-state index contributed by atoms with van der Waals surface area (Å²) in [6, 6.07) is 8.06. The van der Waals surface area contributed by atoms with E-state index in [4.69, 9.17) is 4.74 Å². The minimum atomic E-state index is 0.886. The fourth-order valence-electron chi connectivity index (χ4n) is 2.33. The van der Waals surface area contributed by atoms with Gasteiger partial charge in [-0.1, -0.05) is 31.2 Å². The van der Waals surface area contributed by atoms with Crippen LogP contribution >= 0.6 is 0 Å². The number of hydrogen-bond donors (Lipinski definition) is 1. The molecule has 2 rings (SSSR count). The summed E-state index contributed by atoms with van der Waals surface area (Å²) in [7, 11) is 1.68. The van der Waals surface area contributed by atoms with Gasteiger partial charge in [0.25, 0.3) is 0 Å². The van der Waals surface area contributed by atoms with Crippen LogP contribution in [0, 0.1) is 0 Å². The van der Waals surface area contributed by atoms with Crippen LogP contribution in [0.25, 0.3) is 6.08 Å². The third kappa shape index (κ3) is 5.04. The van der Waals surface area contributed by atoms with Gasteiger partial charge in [-0.2, -0.15) is 0 Å². The van der Waals surface area contributed by atoms with Crippen molar-refractivity contribution in [2.24, 2.45) is 0 Å². The summed E-state index contributed by atoms with van der Waals surface area (Å²) in [4.78, 5) is 4.33. The van der Waals surface area contributed by atoms with Crippen LogP contribution in [0.15, 0.2) is 42.7 Å². The average Bonchev–Trinajstić information content (AvgIpc) is 3.02. The summed E-state index contributed by atoms with van der Waals surface area (Å²) in [6.07, 6.45) is 10.3. The zero-order valence-electron chi connectivity index (χ0n) is 13.5. The zero-order valence-corrected chi connectivity index (χ0v) is 13.5. The Labute approximate surface area is 132 Å². The number of benzene rings is 1. The standard InChI is InChI=1S/C18H25N3O/c1-3-18-20-13-15-21(18)14-5-12-19-11-4-6-16-7-9-17(22-2)10-8-16/h4,6-10,13,15,19H,3,5,11-12,14H2,1-2H3. The molecule has 0 amide bonds. The molecule has 0 fully saturated rings. The molecule has 1 aromatic heterocycles. The summed E-state index contributed by atoms with van der Waals surface area (Å²) in [5.41, 5.74) is 1.19. The van der Waals surface area contributed by atoms with Crippen molar-refractivity contribution in [3.8, 4) is 5.75 Å². The molecule has 0 atom stereocenters. The Bertz CT molecular complexity index is 572. The minimum Gasteiger partial charge on any atom is -0.497 e. The molecule has 118 valence electrons. The molecule has 4 nitrogen and oxygen atoms in total. The van der Waals surface area contributed by atoms with E-state index in [2.05, 4.69) is 52.3 Å². The number of aromatic nitrogens is 2. The number of aryl methyl sites for hydroxylation is 2. The highest BCUT2D eigenvalue weighted by molar-refractivity contribution is 5.50. The molecule has 1 N–H and O–H groups in total. The maximum Gasteiger partial charge on any atom is 0.118 e. The fourth-order valence-corrected chi connectivity index (χ4v) is 2.33. The molecule has 4 heteroatoms. The molecule has 22 heavy (non-hydrogen) atoms. The third-order valence-corrected chi connectivity index (χ3v) is 3.56. The maximum atomic E-state index is 5.14. The van der Waals surface area contributed by atoms with Crippen molar-refractivity contribution >= 4 is 6.08 Å². The van der Waals surface area contributed by atoms with Crippen LogP contribution in [0.5, 0.6) is 5.75 Å². The molecular formula is C18H25N3O. The van der Waals surface area contributed by atoms with E-state index >= 15 is 0 Å². The largest absolute Gasteiger partial charge is 0.497 e. The molecule has 2 aromatic rings. The SMILES string of the molecule is CCc1nccn1CCCNCC=Cc1ccc(OC)cc1. The highest BCUT2D eigenvalue weighted by atomic mass is 16.5. The van der Waals surface area contributed by atoms with Gasteiger partial charge in [0.1, 0.15) is 11.6 Å². The molecule has 0 saturated carbocycles. The van der Waals surface area contributed by atoms with Gasteiger partial charge in [0.05, 0.1) is 7.11 Å². The Morgan fingerprint density at radius 1 is 1.27 bits per heavy atom. The van der Waals surface area contributed by atoms with E-state index in [0.717, 1.165) is 38.2 Å². The first kappa shape index (κ1) is 16.3. The van der Waals surface area contributed by atoms with Gasteiger partial charge in [-0.3, -0.25) is 0 Å². The second-order valence-electron chi connectivity index (χ2n) is 5.12. The number of hydrogen-bond acceptors (Lipinski definition) is 3. The number of ether oxygens (including phenoxy) is 1. The number of methoxy groups -OCH3 is 1. The molecule has 1 aromatic carbocycles. The van der Waals surface area contributed by atoms with Crippen LogP contribution in [0.4, 0.5) is 0 Å². The molecular weight excluding hydrogens is 274 g/mol. The smallest absolute Gasteiger partial charge is 0.118 e. The maximum absolute atomic E-state index is 5.14. The first-order valence-corrected chi connectivity index (χ1v) is 7.84. The number of imidazole rings is 1. The van der Waals surface area contributed by atoms with Crippen molar-refractivity contribution in [3.63, 3.8) is 0 Å². The highest BCUT2D eigenvalue weighted by Crippen LogP contribution is 2.11. The lowest BCUT2D eigenvalue weighted by Crippen LogP contribution is -2.17. The van der Waals surface area contributed by atoms with Crippen LogP contribution in [0.1, 0.15) is 24.7 Å². The van der Waals surface area contributed by atoms with Crippen molar-refractivity contribution in [3.05, 3.63) is 54.1 Å². The second-order valence-corrected chi connectivity index (χ2v) is 5.12. The average molecular weight is 299 g/mol. The Morgan fingerprint density at radius 3 is 2.82 bits per heavy atom. The summed E-state index contributed by atoms with van der Waals surface area (Å²) < 4.78 is 7.37. The summed E-state index contributed by atoms with van der Waals surface area (Å²) in [5, 5.41) is 3.43. The zero-order chi connectivity index (χ0) is 15.6. The molecule has 0 radical (unpaired) electrons. The van der Waals surface area contributed by atoms with E-state index in [1.807, 2.05) is 18.3 Å². The summed E-state index contributed by atoms with van der Waals surface area (Å²) in [5.74, 6) is 2.06. The normalized spacial score (nSPS) is 11.2. The number of nitrogens with one attached hydrogen (secondary N) is 1. The molecule has 1 heterocycles. The van der Waals surface area contributed by atoms with Gasteiger partial charge in [0.15, 0.2) is 0 Å². The van der Waals surface area contributed by atoms with E-state index in [9.17, 15) is 0 Å². The Hall–Kier alpha value is -2.07. The quantitative estimate of drug-likeness (QED) is 0.723.